The number of benzene rings is 3. The van der Waals surface area contributed by atoms with Crippen LogP contribution in [0.1, 0.15) is 11.7 Å². The second-order valence-corrected chi connectivity index (χ2v) is 8.03. The summed E-state index contributed by atoms with van der Waals surface area (Å²) in [5, 5.41) is 12.7. The molecule has 0 bridgehead atoms. The summed E-state index contributed by atoms with van der Waals surface area (Å²) in [5.41, 5.74) is 1.15. The van der Waals surface area contributed by atoms with Crippen LogP contribution in [0.25, 0.3) is 10.8 Å². The summed E-state index contributed by atoms with van der Waals surface area (Å²) in [5.74, 6) is 0.811. The Labute approximate surface area is 186 Å². The molecule has 0 spiro atoms. The van der Waals surface area contributed by atoms with E-state index in [2.05, 4.69) is 45.1 Å². The molecule has 0 saturated carbocycles. The van der Waals surface area contributed by atoms with Crippen molar-refractivity contribution in [2.24, 2.45) is 0 Å². The Hall–Kier alpha value is -1.63. The maximum absolute atomic E-state index is 10.5. The SMILES string of the molecule is Cl.OC(COc1cccc2ccccc12)CN1CCOC(c2cccc(Br)c2)C1. The lowest BCUT2D eigenvalue weighted by molar-refractivity contribution is -0.0459. The van der Waals surface area contributed by atoms with Crippen LogP contribution in [-0.2, 0) is 4.74 Å². The van der Waals surface area contributed by atoms with Crippen LogP contribution >= 0.6 is 28.3 Å². The third-order valence-electron chi connectivity index (χ3n) is 5.02. The minimum Gasteiger partial charge on any atom is -0.490 e. The molecule has 3 aromatic carbocycles. The summed E-state index contributed by atoms with van der Waals surface area (Å²) in [6.45, 7) is 3.08. The molecule has 1 heterocycles. The molecular formula is C23H25BrClNO3. The number of hydrogen-bond donors (Lipinski definition) is 1. The van der Waals surface area contributed by atoms with Gasteiger partial charge in [-0.25, -0.2) is 0 Å². The first kappa shape index (κ1) is 22.1. The number of fused-ring (bicyclic) bond motifs is 1. The van der Waals surface area contributed by atoms with Crippen LogP contribution in [0.5, 0.6) is 5.75 Å². The van der Waals surface area contributed by atoms with Gasteiger partial charge in [-0.2, -0.15) is 0 Å². The van der Waals surface area contributed by atoms with Gasteiger partial charge in [0.25, 0.3) is 0 Å². The van der Waals surface area contributed by atoms with Crippen molar-refractivity contribution in [3.05, 3.63) is 76.8 Å². The Morgan fingerprint density at radius 3 is 2.76 bits per heavy atom. The Bertz CT molecular complexity index is 933. The van der Waals surface area contributed by atoms with Crippen molar-refractivity contribution < 1.29 is 14.6 Å². The monoisotopic (exact) mass is 477 g/mol. The van der Waals surface area contributed by atoms with Crippen molar-refractivity contribution in [1.82, 2.24) is 4.90 Å². The zero-order chi connectivity index (χ0) is 19.3. The van der Waals surface area contributed by atoms with Crippen molar-refractivity contribution in [3.63, 3.8) is 0 Å². The highest BCUT2D eigenvalue weighted by molar-refractivity contribution is 9.10. The van der Waals surface area contributed by atoms with Crippen LogP contribution in [0.15, 0.2) is 71.2 Å². The topological polar surface area (TPSA) is 41.9 Å². The summed E-state index contributed by atoms with van der Waals surface area (Å²) in [6.07, 6.45) is -0.530. The van der Waals surface area contributed by atoms with Gasteiger partial charge in [0.15, 0.2) is 0 Å². The maximum atomic E-state index is 10.5. The first-order valence-electron chi connectivity index (χ1n) is 9.57. The van der Waals surface area contributed by atoms with E-state index in [1.165, 1.54) is 0 Å². The highest BCUT2D eigenvalue weighted by Gasteiger charge is 2.24. The summed E-state index contributed by atoms with van der Waals surface area (Å²) >= 11 is 3.52. The summed E-state index contributed by atoms with van der Waals surface area (Å²) < 4.78 is 12.9. The van der Waals surface area contributed by atoms with Gasteiger partial charge in [-0.15, -0.1) is 12.4 Å². The van der Waals surface area contributed by atoms with Crippen LogP contribution in [0.3, 0.4) is 0 Å². The fourth-order valence-corrected chi connectivity index (χ4v) is 4.05. The first-order chi connectivity index (χ1) is 13.7. The molecule has 6 heteroatoms. The molecule has 1 aliphatic rings. The molecule has 1 fully saturated rings. The van der Waals surface area contributed by atoms with Gasteiger partial charge in [0, 0.05) is 29.5 Å². The number of aliphatic hydroxyl groups is 1. The second kappa shape index (κ2) is 10.4. The molecule has 3 aromatic rings. The zero-order valence-corrected chi connectivity index (χ0v) is 18.4. The predicted octanol–water partition coefficient (Wildman–Crippen LogP) is 4.84. The van der Waals surface area contributed by atoms with Crippen molar-refractivity contribution in [3.8, 4) is 5.75 Å². The molecule has 1 N–H and O–H groups in total. The lowest BCUT2D eigenvalue weighted by atomic mass is 10.1. The Morgan fingerprint density at radius 2 is 1.90 bits per heavy atom. The normalized spacial score (nSPS) is 18.2. The van der Waals surface area contributed by atoms with Gasteiger partial charge < -0.3 is 14.6 Å². The van der Waals surface area contributed by atoms with E-state index in [4.69, 9.17) is 9.47 Å². The van der Waals surface area contributed by atoms with Crippen molar-refractivity contribution in [2.75, 3.05) is 32.8 Å². The predicted molar refractivity (Wildman–Crippen MR) is 122 cm³/mol. The van der Waals surface area contributed by atoms with Crippen LogP contribution < -0.4 is 4.74 Å². The van der Waals surface area contributed by atoms with Crippen LogP contribution in [0.4, 0.5) is 0 Å². The van der Waals surface area contributed by atoms with Gasteiger partial charge in [0.05, 0.1) is 12.7 Å². The fourth-order valence-electron chi connectivity index (χ4n) is 3.64. The van der Waals surface area contributed by atoms with Crippen molar-refractivity contribution >= 4 is 39.1 Å². The quantitative estimate of drug-likeness (QED) is 0.551. The molecule has 2 unspecified atom stereocenters. The number of rotatable bonds is 6. The molecule has 1 aliphatic heterocycles. The van der Waals surface area contributed by atoms with Crippen molar-refractivity contribution in [1.29, 1.82) is 0 Å². The van der Waals surface area contributed by atoms with Gasteiger partial charge in [-0.05, 0) is 29.1 Å². The number of morpholine rings is 1. The lowest BCUT2D eigenvalue weighted by Gasteiger charge is -2.34. The average molecular weight is 479 g/mol. The van der Waals surface area contributed by atoms with Crippen LogP contribution in [0, 0.1) is 0 Å². The van der Waals surface area contributed by atoms with E-state index in [0.717, 1.165) is 39.6 Å². The number of β-amino-alcohol motifs (C(OH)–C–C–N with tert-alkyl or cyclic N) is 1. The molecule has 0 amide bonds. The Kier molecular flexibility index (Phi) is 7.92. The summed E-state index contributed by atoms with van der Waals surface area (Å²) in [7, 11) is 0. The molecule has 1 saturated heterocycles. The highest BCUT2D eigenvalue weighted by atomic mass is 79.9. The number of nitrogens with zero attached hydrogens (tertiary/aromatic N) is 1. The Morgan fingerprint density at radius 1 is 1.10 bits per heavy atom. The van der Waals surface area contributed by atoms with Gasteiger partial charge in [0.2, 0.25) is 0 Å². The van der Waals surface area contributed by atoms with E-state index in [9.17, 15) is 5.11 Å². The van der Waals surface area contributed by atoms with Gasteiger partial charge in [-0.1, -0.05) is 64.5 Å². The maximum Gasteiger partial charge on any atom is 0.127 e. The van der Waals surface area contributed by atoms with E-state index in [0.29, 0.717) is 13.2 Å². The second-order valence-electron chi connectivity index (χ2n) is 7.12. The minimum absolute atomic E-state index is 0. The van der Waals surface area contributed by atoms with E-state index < -0.39 is 6.10 Å². The lowest BCUT2D eigenvalue weighted by Crippen LogP contribution is -2.43. The standard InChI is InChI=1S/C23H24BrNO3.ClH/c24-19-8-3-7-18(13-19)23-15-25(11-12-27-23)14-20(26)16-28-22-10-4-6-17-5-1-2-9-21(17)22;/h1-10,13,20,23,26H,11-12,14-16H2;1H. The van der Waals surface area contributed by atoms with Gasteiger partial charge >= 0.3 is 0 Å². The largest absolute Gasteiger partial charge is 0.490 e. The number of hydrogen-bond acceptors (Lipinski definition) is 4. The summed E-state index contributed by atoms with van der Waals surface area (Å²) in [6, 6.07) is 22.3. The van der Waals surface area contributed by atoms with Crippen LogP contribution in [0.2, 0.25) is 0 Å². The Balaban J connectivity index is 0.00000240. The molecule has 0 aromatic heterocycles. The average Bonchev–Trinajstić information content (AvgIpc) is 2.72. The zero-order valence-electron chi connectivity index (χ0n) is 16.0. The third kappa shape index (κ3) is 5.71. The molecule has 4 rings (SSSR count). The molecule has 29 heavy (non-hydrogen) atoms. The van der Waals surface area contributed by atoms with E-state index in [-0.39, 0.29) is 25.1 Å². The van der Waals surface area contributed by atoms with Gasteiger partial charge in [0.1, 0.15) is 18.5 Å². The third-order valence-corrected chi connectivity index (χ3v) is 5.51. The molecule has 154 valence electrons. The molecule has 0 radical (unpaired) electrons. The van der Waals surface area contributed by atoms with Crippen molar-refractivity contribution in [2.45, 2.75) is 12.2 Å². The molecule has 4 nitrogen and oxygen atoms in total. The highest BCUT2D eigenvalue weighted by Crippen LogP contribution is 2.26. The molecule has 0 aliphatic carbocycles. The number of ether oxygens (including phenoxy) is 2. The fraction of sp³-hybridized carbons (Fsp3) is 0.304. The minimum atomic E-state index is -0.555. The molecular weight excluding hydrogens is 454 g/mol. The number of aliphatic hydroxyl groups excluding tert-OH is 1. The molecule has 2 atom stereocenters. The number of halogens is 2. The van der Waals surface area contributed by atoms with E-state index in [1.807, 2.05) is 42.5 Å². The van der Waals surface area contributed by atoms with Crippen LogP contribution in [-0.4, -0.2) is 49.0 Å². The summed E-state index contributed by atoms with van der Waals surface area (Å²) in [4.78, 5) is 2.24. The first-order valence-corrected chi connectivity index (χ1v) is 10.4. The van der Waals surface area contributed by atoms with E-state index in [1.54, 1.807) is 0 Å². The van der Waals surface area contributed by atoms with Gasteiger partial charge in [-0.3, -0.25) is 4.90 Å². The van der Waals surface area contributed by atoms with E-state index >= 15 is 0 Å². The smallest absolute Gasteiger partial charge is 0.127 e.